The third kappa shape index (κ3) is 3.54. The van der Waals surface area contributed by atoms with E-state index < -0.39 is 17.7 Å². The fraction of sp³-hybridized carbons (Fsp3) is 0.533. The molecule has 1 saturated heterocycles. The van der Waals surface area contributed by atoms with Crippen molar-refractivity contribution in [3.63, 3.8) is 0 Å². The highest BCUT2D eigenvalue weighted by molar-refractivity contribution is 5.79. The molecule has 1 aliphatic heterocycles. The Bertz CT molecular complexity index is 473. The van der Waals surface area contributed by atoms with Gasteiger partial charge < -0.3 is 10.6 Å². The number of carbonyl (C=O) groups is 1. The van der Waals surface area contributed by atoms with Crippen LogP contribution in [0.4, 0.5) is 8.78 Å². The lowest BCUT2D eigenvalue weighted by atomic mass is 9.95. The summed E-state index contributed by atoms with van der Waals surface area (Å²) in [6.07, 6.45) is 2.17. The summed E-state index contributed by atoms with van der Waals surface area (Å²) in [5.41, 5.74) is 0.344. The van der Waals surface area contributed by atoms with Gasteiger partial charge in [0.1, 0.15) is 11.6 Å². The second kappa shape index (κ2) is 6.79. The maximum Gasteiger partial charge on any atom is 0.223 e. The van der Waals surface area contributed by atoms with Gasteiger partial charge in [0.15, 0.2) is 0 Å². The minimum atomic E-state index is -0.609. The zero-order valence-electron chi connectivity index (χ0n) is 11.6. The molecule has 0 radical (unpaired) electrons. The van der Waals surface area contributed by atoms with Gasteiger partial charge in [-0.2, -0.15) is 0 Å². The van der Waals surface area contributed by atoms with Crippen molar-refractivity contribution in [3.8, 4) is 0 Å². The fourth-order valence-electron chi connectivity index (χ4n) is 2.56. The standard InChI is InChI=1S/C15H20F2N2O/c1-2-14(12-4-3-11(16)9-13(12)17)19-15(20)10-5-7-18-8-6-10/h3-4,9-10,14,18H,2,5-8H2,1H3,(H,19,20). The van der Waals surface area contributed by atoms with Gasteiger partial charge in [-0.3, -0.25) is 4.79 Å². The molecule has 2 rings (SSSR count). The molecule has 1 amide bonds. The van der Waals surface area contributed by atoms with E-state index in [1.807, 2.05) is 6.92 Å². The largest absolute Gasteiger partial charge is 0.349 e. The lowest BCUT2D eigenvalue weighted by molar-refractivity contribution is -0.126. The summed E-state index contributed by atoms with van der Waals surface area (Å²) < 4.78 is 26.7. The molecule has 110 valence electrons. The van der Waals surface area contributed by atoms with Gasteiger partial charge in [0.2, 0.25) is 5.91 Å². The van der Waals surface area contributed by atoms with Gasteiger partial charge in [-0.15, -0.1) is 0 Å². The minimum absolute atomic E-state index is 0.0196. The number of carbonyl (C=O) groups excluding carboxylic acids is 1. The number of hydrogen-bond donors (Lipinski definition) is 2. The molecule has 1 aliphatic rings. The van der Waals surface area contributed by atoms with Crippen LogP contribution in [0.25, 0.3) is 0 Å². The Balaban J connectivity index is 2.06. The summed E-state index contributed by atoms with van der Waals surface area (Å²) >= 11 is 0. The Labute approximate surface area is 117 Å². The van der Waals surface area contributed by atoms with Gasteiger partial charge in [-0.1, -0.05) is 13.0 Å². The molecule has 1 fully saturated rings. The number of halogens is 2. The van der Waals surface area contributed by atoms with E-state index in [4.69, 9.17) is 0 Å². The molecule has 0 bridgehead atoms. The van der Waals surface area contributed by atoms with Gasteiger partial charge in [-0.05, 0) is 38.4 Å². The Hall–Kier alpha value is -1.49. The molecule has 1 heterocycles. The molecule has 5 heteroatoms. The number of piperidine rings is 1. The second-order valence-corrected chi connectivity index (χ2v) is 5.16. The van der Waals surface area contributed by atoms with Crippen molar-refractivity contribution in [2.75, 3.05) is 13.1 Å². The molecule has 0 aliphatic carbocycles. The Kier molecular flexibility index (Phi) is 5.06. The van der Waals surface area contributed by atoms with Crippen molar-refractivity contribution in [1.82, 2.24) is 10.6 Å². The first-order valence-corrected chi connectivity index (χ1v) is 7.08. The van der Waals surface area contributed by atoms with Crippen LogP contribution in [0, 0.1) is 17.6 Å². The number of nitrogens with one attached hydrogen (secondary N) is 2. The molecular weight excluding hydrogens is 262 g/mol. The highest BCUT2D eigenvalue weighted by Gasteiger charge is 2.24. The van der Waals surface area contributed by atoms with E-state index in [-0.39, 0.29) is 11.8 Å². The highest BCUT2D eigenvalue weighted by atomic mass is 19.1. The van der Waals surface area contributed by atoms with Crippen LogP contribution in [0.2, 0.25) is 0 Å². The van der Waals surface area contributed by atoms with Crippen molar-refractivity contribution >= 4 is 5.91 Å². The molecule has 0 saturated carbocycles. The van der Waals surface area contributed by atoms with Crippen LogP contribution < -0.4 is 10.6 Å². The predicted octanol–water partition coefficient (Wildman–Crippen LogP) is 2.53. The molecule has 1 unspecified atom stereocenters. The predicted molar refractivity (Wildman–Crippen MR) is 73.1 cm³/mol. The second-order valence-electron chi connectivity index (χ2n) is 5.16. The molecule has 0 spiro atoms. The van der Waals surface area contributed by atoms with Crippen LogP contribution in [0.3, 0.4) is 0 Å². The van der Waals surface area contributed by atoms with Crippen molar-refractivity contribution in [1.29, 1.82) is 0 Å². The lowest BCUT2D eigenvalue weighted by Crippen LogP contribution is -2.39. The average Bonchev–Trinajstić information content (AvgIpc) is 2.46. The molecule has 3 nitrogen and oxygen atoms in total. The van der Waals surface area contributed by atoms with Gasteiger partial charge in [0.25, 0.3) is 0 Å². The maximum atomic E-state index is 13.8. The van der Waals surface area contributed by atoms with E-state index in [2.05, 4.69) is 10.6 Å². The van der Waals surface area contributed by atoms with Gasteiger partial charge >= 0.3 is 0 Å². The first-order chi connectivity index (χ1) is 9.61. The van der Waals surface area contributed by atoms with E-state index in [0.29, 0.717) is 12.0 Å². The van der Waals surface area contributed by atoms with Crippen molar-refractivity contribution in [2.24, 2.45) is 5.92 Å². The molecule has 1 atom stereocenters. The summed E-state index contributed by atoms with van der Waals surface area (Å²) in [6, 6.07) is 3.08. The number of hydrogen-bond acceptors (Lipinski definition) is 2. The van der Waals surface area contributed by atoms with Gasteiger partial charge in [0.05, 0.1) is 6.04 Å². The van der Waals surface area contributed by atoms with Crippen molar-refractivity contribution < 1.29 is 13.6 Å². The summed E-state index contributed by atoms with van der Waals surface area (Å²) in [5, 5.41) is 6.09. The molecule has 0 aromatic heterocycles. The van der Waals surface area contributed by atoms with Crippen LogP contribution in [-0.4, -0.2) is 19.0 Å². The monoisotopic (exact) mass is 282 g/mol. The van der Waals surface area contributed by atoms with Crippen molar-refractivity contribution in [2.45, 2.75) is 32.2 Å². The fourth-order valence-corrected chi connectivity index (χ4v) is 2.56. The first-order valence-electron chi connectivity index (χ1n) is 7.08. The van der Waals surface area contributed by atoms with Crippen LogP contribution in [0.15, 0.2) is 18.2 Å². The summed E-state index contributed by atoms with van der Waals surface area (Å²) in [5.74, 6) is -1.27. The van der Waals surface area contributed by atoms with Gasteiger partial charge in [-0.25, -0.2) is 8.78 Å². The normalized spacial score (nSPS) is 17.8. The summed E-state index contributed by atoms with van der Waals surface area (Å²) in [6.45, 7) is 3.54. The van der Waals surface area contributed by atoms with E-state index in [0.717, 1.165) is 32.0 Å². The first kappa shape index (κ1) is 14.9. The zero-order valence-corrected chi connectivity index (χ0v) is 11.6. The quantitative estimate of drug-likeness (QED) is 0.891. The van der Waals surface area contributed by atoms with Crippen LogP contribution >= 0.6 is 0 Å². The van der Waals surface area contributed by atoms with E-state index in [1.165, 1.54) is 12.1 Å². The van der Waals surface area contributed by atoms with Crippen molar-refractivity contribution in [3.05, 3.63) is 35.4 Å². The minimum Gasteiger partial charge on any atom is -0.349 e. The van der Waals surface area contributed by atoms with E-state index in [9.17, 15) is 13.6 Å². The van der Waals surface area contributed by atoms with Crippen LogP contribution in [0.5, 0.6) is 0 Å². The summed E-state index contributed by atoms with van der Waals surface area (Å²) in [7, 11) is 0. The SMILES string of the molecule is CCC(NC(=O)C1CCNCC1)c1ccc(F)cc1F. The molecule has 20 heavy (non-hydrogen) atoms. The molecular formula is C15H20F2N2O. The molecule has 1 aromatic carbocycles. The third-order valence-electron chi connectivity index (χ3n) is 3.77. The Morgan fingerprint density at radius 2 is 2.10 bits per heavy atom. The lowest BCUT2D eigenvalue weighted by Gasteiger charge is -2.25. The number of benzene rings is 1. The third-order valence-corrected chi connectivity index (χ3v) is 3.77. The average molecular weight is 282 g/mol. The Morgan fingerprint density at radius 1 is 1.40 bits per heavy atom. The number of rotatable bonds is 4. The molecule has 2 N–H and O–H groups in total. The van der Waals surface area contributed by atoms with E-state index >= 15 is 0 Å². The molecule has 1 aromatic rings. The van der Waals surface area contributed by atoms with Gasteiger partial charge in [0, 0.05) is 17.5 Å². The highest BCUT2D eigenvalue weighted by Crippen LogP contribution is 2.22. The smallest absolute Gasteiger partial charge is 0.223 e. The number of amides is 1. The summed E-state index contributed by atoms with van der Waals surface area (Å²) in [4.78, 5) is 12.2. The zero-order chi connectivity index (χ0) is 14.5. The van der Waals surface area contributed by atoms with Crippen LogP contribution in [-0.2, 0) is 4.79 Å². The van der Waals surface area contributed by atoms with E-state index in [1.54, 1.807) is 0 Å². The van der Waals surface area contributed by atoms with Crippen LogP contribution in [0.1, 0.15) is 37.8 Å². The maximum absolute atomic E-state index is 13.8. The topological polar surface area (TPSA) is 41.1 Å². The Morgan fingerprint density at radius 3 is 2.70 bits per heavy atom.